The highest BCUT2D eigenvalue weighted by Gasteiger charge is 2.35. The van der Waals surface area contributed by atoms with Gasteiger partial charge in [-0.25, -0.2) is 8.42 Å². The van der Waals surface area contributed by atoms with Crippen molar-refractivity contribution in [1.82, 2.24) is 9.21 Å². The van der Waals surface area contributed by atoms with Gasteiger partial charge in [0.2, 0.25) is 10.0 Å². The van der Waals surface area contributed by atoms with Crippen LogP contribution in [0.4, 0.5) is 0 Å². The Labute approximate surface area is 130 Å². The van der Waals surface area contributed by atoms with E-state index in [4.69, 9.17) is 5.73 Å². The molecule has 0 saturated carbocycles. The van der Waals surface area contributed by atoms with E-state index in [2.05, 4.69) is 4.90 Å². The van der Waals surface area contributed by atoms with Crippen LogP contribution in [0.15, 0.2) is 16.3 Å². The molecule has 21 heavy (non-hydrogen) atoms. The van der Waals surface area contributed by atoms with Gasteiger partial charge in [0.25, 0.3) is 0 Å². The molecule has 0 bridgehead atoms. The van der Waals surface area contributed by atoms with Crippen LogP contribution >= 0.6 is 11.3 Å². The Hall–Kier alpha value is -0.470. The van der Waals surface area contributed by atoms with Crippen molar-refractivity contribution in [2.45, 2.75) is 43.2 Å². The highest BCUT2D eigenvalue weighted by atomic mass is 32.2. The average Bonchev–Trinajstić information content (AvgIpc) is 3.18. The lowest BCUT2D eigenvalue weighted by Gasteiger charge is -2.32. The van der Waals surface area contributed by atoms with E-state index in [-0.39, 0.29) is 0 Å². The summed E-state index contributed by atoms with van der Waals surface area (Å²) in [5.74, 6) is 0. The van der Waals surface area contributed by atoms with Crippen LogP contribution in [0, 0.1) is 0 Å². The molecule has 1 aromatic rings. The van der Waals surface area contributed by atoms with E-state index >= 15 is 0 Å². The fourth-order valence-corrected chi connectivity index (χ4v) is 5.90. The highest BCUT2D eigenvalue weighted by molar-refractivity contribution is 7.89. The Morgan fingerprint density at radius 1 is 1.24 bits per heavy atom. The first kappa shape index (κ1) is 15.4. The second kappa shape index (κ2) is 6.34. The van der Waals surface area contributed by atoms with Crippen molar-refractivity contribution in [3.8, 4) is 0 Å². The van der Waals surface area contributed by atoms with Crippen LogP contribution in [0.3, 0.4) is 0 Å². The topological polar surface area (TPSA) is 66.6 Å². The van der Waals surface area contributed by atoms with Gasteiger partial charge in [0.05, 0.1) is 4.90 Å². The Morgan fingerprint density at radius 3 is 2.67 bits per heavy atom. The van der Waals surface area contributed by atoms with Crippen molar-refractivity contribution < 1.29 is 8.42 Å². The molecule has 2 N–H and O–H groups in total. The van der Waals surface area contributed by atoms with Gasteiger partial charge in [-0.1, -0.05) is 6.42 Å². The number of nitrogens with two attached hydrogens (primary N) is 1. The summed E-state index contributed by atoms with van der Waals surface area (Å²) < 4.78 is 27.0. The molecule has 2 aliphatic heterocycles. The Kier molecular flexibility index (Phi) is 4.66. The first-order chi connectivity index (χ1) is 10.1. The second-order valence-corrected chi connectivity index (χ2v) is 8.79. The quantitative estimate of drug-likeness (QED) is 0.908. The highest BCUT2D eigenvalue weighted by Crippen LogP contribution is 2.27. The first-order valence-electron chi connectivity index (χ1n) is 7.63. The second-order valence-electron chi connectivity index (χ2n) is 5.86. The van der Waals surface area contributed by atoms with Gasteiger partial charge >= 0.3 is 0 Å². The fourth-order valence-electron chi connectivity index (χ4n) is 3.26. The normalized spacial score (nSPS) is 25.5. The maximum absolute atomic E-state index is 12.7. The van der Waals surface area contributed by atoms with Crippen molar-refractivity contribution in [1.29, 1.82) is 0 Å². The van der Waals surface area contributed by atoms with Crippen molar-refractivity contribution in [3.63, 3.8) is 0 Å². The van der Waals surface area contributed by atoms with E-state index in [1.165, 1.54) is 30.6 Å². The summed E-state index contributed by atoms with van der Waals surface area (Å²) in [6.07, 6.45) is 4.75. The van der Waals surface area contributed by atoms with Crippen LogP contribution in [-0.2, 0) is 16.6 Å². The number of rotatable bonds is 4. The summed E-state index contributed by atoms with van der Waals surface area (Å²) in [4.78, 5) is 3.80. The largest absolute Gasteiger partial charge is 0.326 e. The SMILES string of the molecule is NCc1cc(S(=O)(=O)N2CCC(N3CCCCC3)C2)cs1. The number of nitrogens with zero attached hydrogens (tertiary/aromatic N) is 2. The summed E-state index contributed by atoms with van der Waals surface area (Å²) in [6, 6.07) is 2.11. The van der Waals surface area contributed by atoms with E-state index in [0.717, 1.165) is 24.4 Å². The number of sulfonamides is 1. The fraction of sp³-hybridized carbons (Fsp3) is 0.714. The Morgan fingerprint density at radius 2 is 2.00 bits per heavy atom. The average molecular weight is 329 g/mol. The van der Waals surface area contributed by atoms with Gasteiger partial charge in [0.15, 0.2) is 0 Å². The standard InChI is InChI=1S/C14H23N3O2S2/c15-9-13-8-14(11-20-13)21(18,19)17-7-4-12(10-17)16-5-2-1-3-6-16/h8,11-12H,1-7,9-10,15H2. The summed E-state index contributed by atoms with van der Waals surface area (Å²) >= 11 is 1.42. The Balaban J connectivity index is 1.69. The van der Waals surface area contributed by atoms with Crippen LogP contribution in [0.5, 0.6) is 0 Å². The third-order valence-electron chi connectivity index (χ3n) is 4.50. The molecule has 0 amide bonds. The van der Waals surface area contributed by atoms with E-state index in [0.29, 0.717) is 30.6 Å². The minimum absolute atomic E-state index is 0.396. The monoisotopic (exact) mass is 329 g/mol. The number of piperidine rings is 1. The van der Waals surface area contributed by atoms with E-state index < -0.39 is 10.0 Å². The van der Waals surface area contributed by atoms with Crippen LogP contribution in [0.2, 0.25) is 0 Å². The van der Waals surface area contributed by atoms with Gasteiger partial charge in [-0.05, 0) is 38.4 Å². The van der Waals surface area contributed by atoms with Crippen LogP contribution in [-0.4, -0.2) is 49.8 Å². The third kappa shape index (κ3) is 3.17. The smallest absolute Gasteiger partial charge is 0.243 e. The minimum atomic E-state index is -3.34. The molecule has 7 heteroatoms. The van der Waals surface area contributed by atoms with Gasteiger partial charge < -0.3 is 5.73 Å². The molecule has 0 aliphatic carbocycles. The molecular weight excluding hydrogens is 306 g/mol. The zero-order valence-electron chi connectivity index (χ0n) is 12.2. The van der Waals surface area contributed by atoms with E-state index in [9.17, 15) is 8.42 Å². The van der Waals surface area contributed by atoms with E-state index in [1.807, 2.05) is 0 Å². The number of hydrogen-bond acceptors (Lipinski definition) is 5. The zero-order chi connectivity index (χ0) is 14.9. The molecule has 2 fully saturated rings. The maximum atomic E-state index is 12.7. The predicted octanol–water partition coefficient (Wildman–Crippen LogP) is 1.46. The summed E-state index contributed by atoms with van der Waals surface area (Å²) in [6.45, 7) is 3.91. The molecule has 2 aliphatic rings. The molecular formula is C14H23N3O2S2. The summed E-state index contributed by atoms with van der Waals surface area (Å²) in [5, 5.41) is 1.71. The van der Waals surface area contributed by atoms with Crippen molar-refractivity contribution in [2.24, 2.45) is 5.73 Å². The van der Waals surface area contributed by atoms with Crippen LogP contribution in [0.1, 0.15) is 30.6 Å². The number of likely N-dealkylation sites (tertiary alicyclic amines) is 1. The van der Waals surface area contributed by atoms with Gasteiger partial charge in [-0.3, -0.25) is 4.90 Å². The molecule has 0 radical (unpaired) electrons. The van der Waals surface area contributed by atoms with Gasteiger partial charge in [0.1, 0.15) is 0 Å². The lowest BCUT2D eigenvalue weighted by atomic mass is 10.1. The predicted molar refractivity (Wildman–Crippen MR) is 84.8 cm³/mol. The first-order valence-corrected chi connectivity index (χ1v) is 9.95. The van der Waals surface area contributed by atoms with E-state index in [1.54, 1.807) is 15.8 Å². The molecule has 0 spiro atoms. The molecule has 3 rings (SSSR count). The number of thiophene rings is 1. The molecule has 1 unspecified atom stereocenters. The van der Waals surface area contributed by atoms with Crippen LogP contribution < -0.4 is 5.73 Å². The minimum Gasteiger partial charge on any atom is -0.326 e. The Bertz CT molecular complexity index is 579. The lowest BCUT2D eigenvalue weighted by molar-refractivity contribution is 0.169. The zero-order valence-corrected chi connectivity index (χ0v) is 13.8. The van der Waals surface area contributed by atoms with Crippen molar-refractivity contribution >= 4 is 21.4 Å². The maximum Gasteiger partial charge on any atom is 0.243 e. The molecule has 1 aromatic heterocycles. The molecule has 2 saturated heterocycles. The lowest BCUT2D eigenvalue weighted by Crippen LogP contribution is -2.41. The molecule has 0 aromatic carbocycles. The van der Waals surface area contributed by atoms with Gasteiger partial charge in [-0.15, -0.1) is 11.3 Å². The third-order valence-corrected chi connectivity index (χ3v) is 7.45. The molecule has 3 heterocycles. The van der Waals surface area contributed by atoms with Crippen molar-refractivity contribution in [2.75, 3.05) is 26.2 Å². The van der Waals surface area contributed by atoms with Crippen LogP contribution in [0.25, 0.3) is 0 Å². The summed E-state index contributed by atoms with van der Waals surface area (Å²) in [7, 11) is -3.34. The number of hydrogen-bond donors (Lipinski definition) is 1. The van der Waals surface area contributed by atoms with Gasteiger partial charge in [-0.2, -0.15) is 4.31 Å². The molecule has 118 valence electrons. The van der Waals surface area contributed by atoms with Crippen molar-refractivity contribution in [3.05, 3.63) is 16.3 Å². The molecule has 1 atom stereocenters. The summed E-state index contributed by atoms with van der Waals surface area (Å²) in [5.41, 5.74) is 5.57. The molecule has 5 nitrogen and oxygen atoms in total. The van der Waals surface area contributed by atoms with Gasteiger partial charge in [0, 0.05) is 35.9 Å².